The van der Waals surface area contributed by atoms with E-state index in [4.69, 9.17) is 5.73 Å². The number of nitrogens with zero attached hydrogens (tertiary/aromatic N) is 1. The maximum Gasteiger partial charge on any atom is 0.179 e. The van der Waals surface area contributed by atoms with Crippen molar-refractivity contribution < 1.29 is 8.42 Å². The molecule has 3 N–H and O–H groups in total. The lowest BCUT2D eigenvalue weighted by Crippen LogP contribution is -2.33. The SMILES string of the molecule is CS(=O)(=O)c1cccnc1NC1CCC(N)CC1. The summed E-state index contributed by atoms with van der Waals surface area (Å²) in [5.41, 5.74) is 5.85. The monoisotopic (exact) mass is 269 g/mol. The van der Waals surface area contributed by atoms with E-state index in [2.05, 4.69) is 10.3 Å². The second-order valence-corrected chi connectivity index (χ2v) is 6.86. The summed E-state index contributed by atoms with van der Waals surface area (Å²) in [5.74, 6) is 0.459. The van der Waals surface area contributed by atoms with E-state index in [0.29, 0.717) is 5.82 Å². The number of rotatable bonds is 3. The lowest BCUT2D eigenvalue weighted by Gasteiger charge is -2.27. The average Bonchev–Trinajstić information content (AvgIpc) is 2.31. The molecular weight excluding hydrogens is 250 g/mol. The van der Waals surface area contributed by atoms with Gasteiger partial charge in [0, 0.05) is 24.5 Å². The maximum atomic E-state index is 11.6. The van der Waals surface area contributed by atoms with Crippen molar-refractivity contribution >= 4 is 15.7 Å². The van der Waals surface area contributed by atoms with Crippen molar-refractivity contribution in [1.82, 2.24) is 4.98 Å². The maximum absolute atomic E-state index is 11.6. The van der Waals surface area contributed by atoms with Crippen LogP contribution >= 0.6 is 0 Å². The Hall–Kier alpha value is -1.14. The molecule has 1 aliphatic carbocycles. The molecule has 0 saturated heterocycles. The molecule has 0 spiro atoms. The average molecular weight is 269 g/mol. The van der Waals surface area contributed by atoms with Crippen LogP contribution in [-0.2, 0) is 9.84 Å². The molecular formula is C12H19N3O2S. The van der Waals surface area contributed by atoms with Crippen LogP contribution in [0.3, 0.4) is 0 Å². The summed E-state index contributed by atoms with van der Waals surface area (Å²) in [6.07, 6.45) is 6.66. The Kier molecular flexibility index (Phi) is 3.87. The summed E-state index contributed by atoms with van der Waals surface area (Å²) in [6, 6.07) is 3.76. The summed E-state index contributed by atoms with van der Waals surface area (Å²) in [7, 11) is -3.24. The molecule has 18 heavy (non-hydrogen) atoms. The van der Waals surface area contributed by atoms with E-state index in [0.717, 1.165) is 25.7 Å². The first-order valence-corrected chi connectivity index (χ1v) is 8.03. The van der Waals surface area contributed by atoms with Gasteiger partial charge in [-0.2, -0.15) is 0 Å². The number of hydrogen-bond donors (Lipinski definition) is 2. The molecule has 0 unspecified atom stereocenters. The minimum atomic E-state index is -3.24. The molecule has 1 aromatic heterocycles. The zero-order valence-electron chi connectivity index (χ0n) is 10.5. The van der Waals surface area contributed by atoms with Crippen molar-refractivity contribution in [1.29, 1.82) is 0 Å². The molecule has 1 aliphatic rings. The quantitative estimate of drug-likeness (QED) is 0.860. The third-order valence-electron chi connectivity index (χ3n) is 3.28. The number of pyridine rings is 1. The van der Waals surface area contributed by atoms with Gasteiger partial charge < -0.3 is 11.1 Å². The van der Waals surface area contributed by atoms with Gasteiger partial charge in [-0.05, 0) is 37.8 Å². The Labute approximate surface area is 108 Å². The van der Waals surface area contributed by atoms with Gasteiger partial charge in [0.1, 0.15) is 10.7 Å². The fourth-order valence-electron chi connectivity index (χ4n) is 2.26. The van der Waals surface area contributed by atoms with Crippen LogP contribution in [0.1, 0.15) is 25.7 Å². The lowest BCUT2D eigenvalue weighted by atomic mass is 9.92. The summed E-state index contributed by atoms with van der Waals surface area (Å²) in [5, 5.41) is 3.23. The normalized spacial score (nSPS) is 24.8. The van der Waals surface area contributed by atoms with E-state index in [-0.39, 0.29) is 17.0 Å². The zero-order valence-corrected chi connectivity index (χ0v) is 11.3. The van der Waals surface area contributed by atoms with Crippen molar-refractivity contribution in [3.63, 3.8) is 0 Å². The highest BCUT2D eigenvalue weighted by atomic mass is 32.2. The topological polar surface area (TPSA) is 85.1 Å². The van der Waals surface area contributed by atoms with Crippen molar-refractivity contribution in [2.75, 3.05) is 11.6 Å². The van der Waals surface area contributed by atoms with Crippen LogP contribution in [0.4, 0.5) is 5.82 Å². The molecule has 2 rings (SSSR count). The second kappa shape index (κ2) is 5.24. The lowest BCUT2D eigenvalue weighted by molar-refractivity contribution is 0.410. The Morgan fingerprint density at radius 1 is 1.33 bits per heavy atom. The summed E-state index contributed by atoms with van der Waals surface area (Å²) in [4.78, 5) is 4.40. The van der Waals surface area contributed by atoms with Gasteiger partial charge >= 0.3 is 0 Å². The molecule has 0 radical (unpaired) electrons. The number of hydrogen-bond acceptors (Lipinski definition) is 5. The number of anilines is 1. The number of aromatic nitrogens is 1. The Bertz CT molecular complexity index is 508. The third kappa shape index (κ3) is 3.20. The molecule has 0 amide bonds. The minimum absolute atomic E-state index is 0.264. The molecule has 0 bridgehead atoms. The first kappa shape index (κ1) is 13.3. The highest BCUT2D eigenvalue weighted by molar-refractivity contribution is 7.90. The molecule has 1 aromatic rings. The molecule has 1 saturated carbocycles. The molecule has 0 aromatic carbocycles. The Morgan fingerprint density at radius 3 is 2.61 bits per heavy atom. The van der Waals surface area contributed by atoms with Gasteiger partial charge in [0.15, 0.2) is 9.84 Å². The van der Waals surface area contributed by atoms with Crippen molar-refractivity contribution in [3.8, 4) is 0 Å². The molecule has 1 heterocycles. The van der Waals surface area contributed by atoms with Gasteiger partial charge in [0.25, 0.3) is 0 Å². The highest BCUT2D eigenvalue weighted by Crippen LogP contribution is 2.24. The van der Waals surface area contributed by atoms with Gasteiger partial charge in [-0.1, -0.05) is 0 Å². The van der Waals surface area contributed by atoms with Gasteiger partial charge in [-0.3, -0.25) is 0 Å². The predicted octanol–water partition coefficient (Wildman–Crippen LogP) is 1.17. The molecule has 1 fully saturated rings. The van der Waals surface area contributed by atoms with Crippen LogP contribution < -0.4 is 11.1 Å². The summed E-state index contributed by atoms with van der Waals surface area (Å²) < 4.78 is 23.3. The van der Waals surface area contributed by atoms with Crippen LogP contribution in [0.15, 0.2) is 23.2 Å². The predicted molar refractivity (Wildman–Crippen MR) is 71.2 cm³/mol. The zero-order chi connectivity index (χ0) is 13.2. The van der Waals surface area contributed by atoms with Crippen molar-refractivity contribution in [2.24, 2.45) is 5.73 Å². The van der Waals surface area contributed by atoms with Crippen LogP contribution in [0.5, 0.6) is 0 Å². The van der Waals surface area contributed by atoms with Crippen LogP contribution in [0.2, 0.25) is 0 Å². The van der Waals surface area contributed by atoms with E-state index >= 15 is 0 Å². The molecule has 6 heteroatoms. The Morgan fingerprint density at radius 2 is 2.00 bits per heavy atom. The molecule has 0 atom stereocenters. The van der Waals surface area contributed by atoms with Crippen molar-refractivity contribution in [2.45, 2.75) is 42.7 Å². The standard InChI is InChI=1S/C12H19N3O2S/c1-18(16,17)11-3-2-8-14-12(11)15-10-6-4-9(13)5-7-10/h2-3,8-10H,4-7,13H2,1H3,(H,14,15). The van der Waals surface area contributed by atoms with E-state index < -0.39 is 9.84 Å². The first-order valence-electron chi connectivity index (χ1n) is 6.14. The number of nitrogens with two attached hydrogens (primary N) is 1. The van der Waals surface area contributed by atoms with E-state index in [1.54, 1.807) is 18.3 Å². The molecule has 0 aliphatic heterocycles. The summed E-state index contributed by atoms with van der Waals surface area (Å²) in [6.45, 7) is 0. The molecule has 100 valence electrons. The van der Waals surface area contributed by atoms with Gasteiger partial charge in [-0.15, -0.1) is 0 Å². The van der Waals surface area contributed by atoms with E-state index in [1.807, 2.05) is 0 Å². The smallest absolute Gasteiger partial charge is 0.179 e. The minimum Gasteiger partial charge on any atom is -0.366 e. The van der Waals surface area contributed by atoms with Crippen LogP contribution in [0.25, 0.3) is 0 Å². The molecule has 5 nitrogen and oxygen atoms in total. The van der Waals surface area contributed by atoms with Crippen LogP contribution in [0, 0.1) is 0 Å². The van der Waals surface area contributed by atoms with Crippen LogP contribution in [-0.4, -0.2) is 31.7 Å². The van der Waals surface area contributed by atoms with Gasteiger partial charge in [-0.25, -0.2) is 13.4 Å². The first-order chi connectivity index (χ1) is 8.47. The highest BCUT2D eigenvalue weighted by Gasteiger charge is 2.21. The van der Waals surface area contributed by atoms with Gasteiger partial charge in [0.2, 0.25) is 0 Å². The largest absolute Gasteiger partial charge is 0.366 e. The summed E-state index contributed by atoms with van der Waals surface area (Å²) >= 11 is 0. The fourth-order valence-corrected chi connectivity index (χ4v) is 3.04. The second-order valence-electron chi connectivity index (χ2n) is 4.88. The Balaban J connectivity index is 2.15. The van der Waals surface area contributed by atoms with Gasteiger partial charge in [0.05, 0.1) is 0 Å². The van der Waals surface area contributed by atoms with E-state index in [9.17, 15) is 8.42 Å². The van der Waals surface area contributed by atoms with E-state index in [1.165, 1.54) is 6.26 Å². The van der Waals surface area contributed by atoms with Crippen molar-refractivity contribution in [3.05, 3.63) is 18.3 Å². The fraction of sp³-hybridized carbons (Fsp3) is 0.583. The number of nitrogens with one attached hydrogen (secondary N) is 1. The number of sulfone groups is 1. The third-order valence-corrected chi connectivity index (χ3v) is 4.41.